The summed E-state index contributed by atoms with van der Waals surface area (Å²) in [6.45, 7) is 3.81. The van der Waals surface area contributed by atoms with Crippen molar-refractivity contribution in [1.82, 2.24) is 20.2 Å². The largest absolute Gasteiger partial charge is 0.467 e. The Morgan fingerprint density at radius 3 is 2.76 bits per heavy atom. The standard InChI is InChI=1S/C17H16N6O2/c1-10-5-7-12(8-6-10)19-16(24)14-11(2)18-17-20-21-22-23(17)15(14)13-4-3-9-25-13/h3-9,15H,1-2H3,(H,19,24)(H,18,20,22). The number of hydrogen-bond donors (Lipinski definition) is 2. The number of aryl methyl sites for hydroxylation is 1. The van der Waals surface area contributed by atoms with Crippen LogP contribution < -0.4 is 10.6 Å². The van der Waals surface area contributed by atoms with Crippen LogP contribution in [0.15, 0.2) is 58.3 Å². The molecule has 1 aliphatic rings. The van der Waals surface area contributed by atoms with Crippen molar-refractivity contribution in [3.05, 3.63) is 65.3 Å². The highest BCUT2D eigenvalue weighted by molar-refractivity contribution is 6.05. The van der Waals surface area contributed by atoms with E-state index in [9.17, 15) is 4.79 Å². The molecule has 0 saturated heterocycles. The topological polar surface area (TPSA) is 97.9 Å². The summed E-state index contributed by atoms with van der Waals surface area (Å²) in [7, 11) is 0. The fourth-order valence-electron chi connectivity index (χ4n) is 2.85. The molecule has 3 aromatic rings. The molecule has 0 spiro atoms. The highest BCUT2D eigenvalue weighted by Gasteiger charge is 2.35. The lowest BCUT2D eigenvalue weighted by Gasteiger charge is -2.26. The molecule has 25 heavy (non-hydrogen) atoms. The molecule has 0 bridgehead atoms. The van der Waals surface area contributed by atoms with Gasteiger partial charge in [-0.2, -0.15) is 4.68 Å². The zero-order chi connectivity index (χ0) is 17.4. The third-order valence-electron chi connectivity index (χ3n) is 4.08. The molecule has 1 aliphatic heterocycles. The molecular weight excluding hydrogens is 320 g/mol. The number of carbonyl (C=O) groups is 1. The van der Waals surface area contributed by atoms with Gasteiger partial charge in [-0.05, 0) is 48.5 Å². The van der Waals surface area contributed by atoms with E-state index in [1.165, 1.54) is 4.68 Å². The van der Waals surface area contributed by atoms with Gasteiger partial charge in [0, 0.05) is 11.4 Å². The zero-order valence-corrected chi connectivity index (χ0v) is 13.7. The van der Waals surface area contributed by atoms with Gasteiger partial charge in [0.2, 0.25) is 5.95 Å². The van der Waals surface area contributed by atoms with Crippen LogP contribution in [0.2, 0.25) is 0 Å². The van der Waals surface area contributed by atoms with Crippen molar-refractivity contribution in [2.45, 2.75) is 19.9 Å². The van der Waals surface area contributed by atoms with Crippen LogP contribution in [0.5, 0.6) is 0 Å². The van der Waals surface area contributed by atoms with Crippen LogP contribution in [0.25, 0.3) is 0 Å². The number of hydrogen-bond acceptors (Lipinski definition) is 6. The number of nitrogens with one attached hydrogen (secondary N) is 2. The molecule has 0 aliphatic carbocycles. The third kappa shape index (κ3) is 2.67. The van der Waals surface area contributed by atoms with Crippen LogP contribution in [-0.2, 0) is 4.79 Å². The van der Waals surface area contributed by atoms with E-state index >= 15 is 0 Å². The van der Waals surface area contributed by atoms with Gasteiger partial charge in [-0.1, -0.05) is 22.8 Å². The van der Waals surface area contributed by atoms with Crippen molar-refractivity contribution >= 4 is 17.5 Å². The Hall–Kier alpha value is -3.42. The zero-order valence-electron chi connectivity index (χ0n) is 13.7. The fraction of sp³-hybridized carbons (Fsp3) is 0.176. The molecule has 0 fully saturated rings. The smallest absolute Gasteiger partial charge is 0.256 e. The summed E-state index contributed by atoms with van der Waals surface area (Å²) >= 11 is 0. The number of allylic oxidation sites excluding steroid dienone is 1. The van der Waals surface area contributed by atoms with Gasteiger partial charge in [-0.25, -0.2) is 0 Å². The first-order chi connectivity index (χ1) is 12.1. The minimum atomic E-state index is -0.535. The van der Waals surface area contributed by atoms with Crippen LogP contribution in [0, 0.1) is 6.92 Å². The molecule has 8 heteroatoms. The van der Waals surface area contributed by atoms with E-state index in [1.54, 1.807) is 18.4 Å². The quantitative estimate of drug-likeness (QED) is 0.762. The summed E-state index contributed by atoms with van der Waals surface area (Å²) in [6.07, 6.45) is 1.56. The molecule has 0 saturated carbocycles. The summed E-state index contributed by atoms with van der Waals surface area (Å²) in [5.41, 5.74) is 3.01. The molecule has 1 aromatic carbocycles. The van der Waals surface area contributed by atoms with Crippen molar-refractivity contribution < 1.29 is 9.21 Å². The van der Waals surface area contributed by atoms with Crippen molar-refractivity contribution in [3.8, 4) is 0 Å². The fourth-order valence-corrected chi connectivity index (χ4v) is 2.85. The Bertz CT molecular complexity index is 940. The molecule has 8 nitrogen and oxygen atoms in total. The number of amides is 1. The van der Waals surface area contributed by atoms with Gasteiger partial charge < -0.3 is 15.1 Å². The van der Waals surface area contributed by atoms with E-state index in [-0.39, 0.29) is 5.91 Å². The number of benzene rings is 1. The lowest BCUT2D eigenvalue weighted by Crippen LogP contribution is -2.31. The molecule has 126 valence electrons. The first-order valence-electron chi connectivity index (χ1n) is 7.80. The maximum atomic E-state index is 13.0. The van der Waals surface area contributed by atoms with Crippen molar-refractivity contribution in [3.63, 3.8) is 0 Å². The first-order valence-corrected chi connectivity index (χ1v) is 7.80. The van der Waals surface area contributed by atoms with Crippen molar-refractivity contribution in [2.75, 3.05) is 10.6 Å². The lowest BCUT2D eigenvalue weighted by molar-refractivity contribution is -0.113. The van der Waals surface area contributed by atoms with Crippen LogP contribution in [0.1, 0.15) is 24.3 Å². The highest BCUT2D eigenvalue weighted by Crippen LogP contribution is 2.34. The second-order valence-corrected chi connectivity index (χ2v) is 5.85. The molecule has 3 heterocycles. The number of fused-ring (bicyclic) bond motifs is 1. The number of anilines is 2. The number of tetrazole rings is 1. The van der Waals surface area contributed by atoms with E-state index in [0.29, 0.717) is 23.0 Å². The van der Waals surface area contributed by atoms with E-state index in [1.807, 2.05) is 38.1 Å². The highest BCUT2D eigenvalue weighted by atomic mass is 16.3. The minimum absolute atomic E-state index is 0.239. The van der Waals surface area contributed by atoms with Crippen LogP contribution in [0.4, 0.5) is 11.6 Å². The monoisotopic (exact) mass is 336 g/mol. The molecule has 1 amide bonds. The first kappa shape index (κ1) is 15.1. The Morgan fingerprint density at radius 1 is 1.24 bits per heavy atom. The number of carbonyl (C=O) groups excluding carboxylic acids is 1. The number of furan rings is 1. The molecule has 4 rings (SSSR count). The minimum Gasteiger partial charge on any atom is -0.467 e. The molecule has 2 aromatic heterocycles. The summed E-state index contributed by atoms with van der Waals surface area (Å²) in [4.78, 5) is 13.0. The summed E-state index contributed by atoms with van der Waals surface area (Å²) < 4.78 is 7.07. The SMILES string of the molecule is CC1=C(C(=O)Nc2ccc(C)cc2)C(c2ccco2)n2nnnc2N1. The average Bonchev–Trinajstić information content (AvgIpc) is 3.26. The van der Waals surface area contributed by atoms with Gasteiger partial charge in [0.25, 0.3) is 5.91 Å². The van der Waals surface area contributed by atoms with Gasteiger partial charge in [-0.15, -0.1) is 0 Å². The molecule has 1 atom stereocenters. The Morgan fingerprint density at radius 2 is 2.04 bits per heavy atom. The Balaban J connectivity index is 1.72. The summed E-state index contributed by atoms with van der Waals surface area (Å²) in [5.74, 6) is 0.811. The van der Waals surface area contributed by atoms with Crippen LogP contribution in [0.3, 0.4) is 0 Å². The second-order valence-electron chi connectivity index (χ2n) is 5.85. The number of aromatic nitrogens is 4. The van der Waals surface area contributed by atoms with E-state index in [0.717, 1.165) is 11.3 Å². The molecular formula is C17H16N6O2. The summed E-state index contributed by atoms with van der Waals surface area (Å²) in [6, 6.07) is 10.7. The summed E-state index contributed by atoms with van der Waals surface area (Å²) in [5, 5.41) is 17.6. The van der Waals surface area contributed by atoms with Gasteiger partial charge in [0.1, 0.15) is 11.8 Å². The van der Waals surface area contributed by atoms with Gasteiger partial charge in [0.05, 0.1) is 11.8 Å². The second kappa shape index (κ2) is 5.90. The van der Waals surface area contributed by atoms with Crippen molar-refractivity contribution in [2.24, 2.45) is 0 Å². The molecule has 1 unspecified atom stereocenters. The Kier molecular flexibility index (Phi) is 3.57. The van der Waals surface area contributed by atoms with Crippen molar-refractivity contribution in [1.29, 1.82) is 0 Å². The predicted molar refractivity (Wildman–Crippen MR) is 90.8 cm³/mol. The van der Waals surface area contributed by atoms with E-state index in [4.69, 9.17) is 4.42 Å². The van der Waals surface area contributed by atoms with Crippen LogP contribution >= 0.6 is 0 Å². The lowest BCUT2D eigenvalue weighted by atomic mass is 10.00. The number of nitrogens with zero attached hydrogens (tertiary/aromatic N) is 4. The molecule has 0 radical (unpaired) electrons. The Labute approximate surface area is 143 Å². The van der Waals surface area contributed by atoms with E-state index in [2.05, 4.69) is 26.2 Å². The maximum absolute atomic E-state index is 13.0. The normalized spacial score (nSPS) is 16.3. The van der Waals surface area contributed by atoms with Crippen LogP contribution in [-0.4, -0.2) is 26.1 Å². The maximum Gasteiger partial charge on any atom is 0.256 e. The predicted octanol–water partition coefficient (Wildman–Crippen LogP) is 2.50. The third-order valence-corrected chi connectivity index (χ3v) is 4.08. The van der Waals surface area contributed by atoms with Gasteiger partial charge in [-0.3, -0.25) is 4.79 Å². The number of rotatable bonds is 3. The van der Waals surface area contributed by atoms with E-state index < -0.39 is 6.04 Å². The average molecular weight is 336 g/mol. The van der Waals surface area contributed by atoms with Gasteiger partial charge in [0.15, 0.2) is 0 Å². The van der Waals surface area contributed by atoms with Gasteiger partial charge >= 0.3 is 0 Å². The molecule has 2 N–H and O–H groups in total.